The van der Waals surface area contributed by atoms with Crippen molar-refractivity contribution in [2.24, 2.45) is 0 Å². The molecule has 4 nitrogen and oxygen atoms in total. The van der Waals surface area contributed by atoms with E-state index in [4.69, 9.17) is 11.6 Å². The van der Waals surface area contributed by atoms with Crippen LogP contribution < -0.4 is 11.2 Å². The molecule has 88 valence electrons. The second-order valence-electron chi connectivity index (χ2n) is 3.44. The van der Waals surface area contributed by atoms with Gasteiger partial charge in [0.25, 0.3) is 5.56 Å². The van der Waals surface area contributed by atoms with E-state index >= 15 is 0 Å². The third-order valence-electron chi connectivity index (χ3n) is 2.27. The lowest BCUT2D eigenvalue weighted by atomic mass is 10.2. The number of nitrogens with zero attached hydrogens (tertiary/aromatic N) is 1. The van der Waals surface area contributed by atoms with Crippen molar-refractivity contribution in [1.29, 1.82) is 0 Å². The van der Waals surface area contributed by atoms with Crippen LogP contribution in [-0.2, 0) is 6.54 Å². The van der Waals surface area contributed by atoms with Crippen LogP contribution in [0.1, 0.15) is 5.56 Å². The van der Waals surface area contributed by atoms with E-state index < -0.39 is 22.2 Å². The molecule has 1 aromatic heterocycles. The van der Waals surface area contributed by atoms with Crippen LogP contribution in [0.15, 0.2) is 39.9 Å². The standard InChI is InChI=1S/C11H8ClFN2O2/c12-9-8(13)10(16)15(11(17)14-9)6-7-4-2-1-3-5-7/h1-5H,6H2,(H,14,17). The van der Waals surface area contributed by atoms with Gasteiger partial charge in [0.2, 0.25) is 5.82 Å². The summed E-state index contributed by atoms with van der Waals surface area (Å²) in [5.41, 5.74) is -1.03. The molecule has 17 heavy (non-hydrogen) atoms. The predicted molar refractivity (Wildman–Crippen MR) is 61.8 cm³/mol. The monoisotopic (exact) mass is 254 g/mol. The summed E-state index contributed by atoms with van der Waals surface area (Å²) in [5, 5.41) is -0.565. The molecule has 6 heteroatoms. The van der Waals surface area contributed by atoms with Gasteiger partial charge >= 0.3 is 5.69 Å². The minimum Gasteiger partial charge on any atom is -0.295 e. The Morgan fingerprint density at radius 2 is 1.88 bits per heavy atom. The van der Waals surface area contributed by atoms with E-state index in [9.17, 15) is 14.0 Å². The maximum atomic E-state index is 13.2. The molecule has 0 fully saturated rings. The van der Waals surface area contributed by atoms with E-state index in [2.05, 4.69) is 4.98 Å². The highest BCUT2D eigenvalue weighted by molar-refractivity contribution is 6.29. The molecular formula is C11H8ClFN2O2. The number of halogens is 2. The Bertz CT molecular complexity index is 649. The molecule has 1 N–H and O–H groups in total. The molecule has 0 amide bonds. The fraction of sp³-hybridized carbons (Fsp3) is 0.0909. The van der Waals surface area contributed by atoms with Crippen molar-refractivity contribution in [1.82, 2.24) is 9.55 Å². The molecule has 0 atom stereocenters. The Morgan fingerprint density at radius 3 is 2.53 bits per heavy atom. The fourth-order valence-electron chi connectivity index (χ4n) is 1.43. The molecule has 1 heterocycles. The quantitative estimate of drug-likeness (QED) is 0.823. The summed E-state index contributed by atoms with van der Waals surface area (Å²) >= 11 is 5.35. The third kappa shape index (κ3) is 2.29. The van der Waals surface area contributed by atoms with Crippen molar-refractivity contribution >= 4 is 11.6 Å². The zero-order chi connectivity index (χ0) is 12.4. The lowest BCUT2D eigenvalue weighted by Gasteiger charge is -2.05. The first-order valence-corrected chi connectivity index (χ1v) is 5.19. The van der Waals surface area contributed by atoms with Crippen LogP contribution in [0.3, 0.4) is 0 Å². The van der Waals surface area contributed by atoms with Crippen LogP contribution in [0.5, 0.6) is 0 Å². The van der Waals surface area contributed by atoms with Crippen molar-refractivity contribution < 1.29 is 4.39 Å². The number of benzene rings is 1. The van der Waals surface area contributed by atoms with Crippen molar-refractivity contribution in [3.8, 4) is 0 Å². The summed E-state index contributed by atoms with van der Waals surface area (Å²) in [5.74, 6) is -1.15. The summed E-state index contributed by atoms with van der Waals surface area (Å²) in [4.78, 5) is 25.0. The van der Waals surface area contributed by atoms with Crippen LogP contribution in [0.4, 0.5) is 4.39 Å². The van der Waals surface area contributed by atoms with E-state index in [0.717, 1.165) is 10.1 Å². The highest BCUT2D eigenvalue weighted by Crippen LogP contribution is 2.04. The van der Waals surface area contributed by atoms with Crippen molar-refractivity contribution in [3.63, 3.8) is 0 Å². The van der Waals surface area contributed by atoms with Gasteiger partial charge in [0.15, 0.2) is 5.15 Å². The second kappa shape index (κ2) is 4.55. The topological polar surface area (TPSA) is 54.9 Å². The van der Waals surface area contributed by atoms with Gasteiger partial charge in [-0.25, -0.2) is 4.79 Å². The van der Waals surface area contributed by atoms with Gasteiger partial charge in [0, 0.05) is 0 Å². The average molecular weight is 255 g/mol. The smallest absolute Gasteiger partial charge is 0.295 e. The van der Waals surface area contributed by atoms with Crippen LogP contribution in [0.25, 0.3) is 0 Å². The van der Waals surface area contributed by atoms with Gasteiger partial charge in [-0.3, -0.25) is 14.3 Å². The molecular weight excluding hydrogens is 247 g/mol. The Balaban J connectivity index is 2.51. The third-order valence-corrected chi connectivity index (χ3v) is 2.53. The van der Waals surface area contributed by atoms with Gasteiger partial charge in [-0.2, -0.15) is 4.39 Å². The van der Waals surface area contributed by atoms with Crippen molar-refractivity contribution in [2.45, 2.75) is 6.54 Å². The SMILES string of the molecule is O=c1[nH]c(Cl)c(F)c(=O)n1Cc1ccccc1. The lowest BCUT2D eigenvalue weighted by Crippen LogP contribution is -2.37. The number of aromatic amines is 1. The molecule has 2 rings (SSSR count). The molecule has 0 bridgehead atoms. The maximum Gasteiger partial charge on any atom is 0.329 e. The van der Waals surface area contributed by atoms with Crippen LogP contribution in [-0.4, -0.2) is 9.55 Å². The van der Waals surface area contributed by atoms with Gasteiger partial charge < -0.3 is 0 Å². The molecule has 0 radical (unpaired) electrons. The molecule has 1 aromatic carbocycles. The van der Waals surface area contributed by atoms with Crippen molar-refractivity contribution in [3.05, 3.63) is 67.7 Å². The largest absolute Gasteiger partial charge is 0.329 e. The summed E-state index contributed by atoms with van der Waals surface area (Å²) in [7, 11) is 0. The first-order valence-electron chi connectivity index (χ1n) is 4.81. The minimum absolute atomic E-state index is 0.00307. The van der Waals surface area contributed by atoms with Crippen LogP contribution >= 0.6 is 11.6 Å². The first-order chi connectivity index (χ1) is 8.09. The van der Waals surface area contributed by atoms with E-state index in [0.29, 0.717) is 0 Å². The van der Waals surface area contributed by atoms with Gasteiger partial charge in [0.05, 0.1) is 6.54 Å². The number of hydrogen-bond donors (Lipinski definition) is 1. The number of aromatic nitrogens is 2. The van der Waals surface area contributed by atoms with E-state index in [1.807, 2.05) is 0 Å². The minimum atomic E-state index is -1.15. The summed E-state index contributed by atoms with van der Waals surface area (Å²) in [6, 6.07) is 8.80. The van der Waals surface area contributed by atoms with Crippen molar-refractivity contribution in [2.75, 3.05) is 0 Å². The Hall–Kier alpha value is -1.88. The Labute approximate surface area is 100 Å². The lowest BCUT2D eigenvalue weighted by molar-refractivity contribution is 0.558. The van der Waals surface area contributed by atoms with Crippen LogP contribution in [0.2, 0.25) is 5.15 Å². The van der Waals surface area contributed by atoms with E-state index in [1.165, 1.54) is 0 Å². The first kappa shape index (κ1) is 11.6. The fourth-order valence-corrected chi connectivity index (χ4v) is 1.59. The molecule has 0 aliphatic rings. The molecule has 0 saturated carbocycles. The maximum absolute atomic E-state index is 13.2. The summed E-state index contributed by atoms with van der Waals surface area (Å²) in [6.45, 7) is 0.00307. The molecule has 0 aliphatic carbocycles. The molecule has 0 aliphatic heterocycles. The summed E-state index contributed by atoms with van der Waals surface area (Å²) in [6.07, 6.45) is 0. The van der Waals surface area contributed by atoms with Gasteiger partial charge in [-0.15, -0.1) is 0 Å². The summed E-state index contributed by atoms with van der Waals surface area (Å²) < 4.78 is 14.0. The van der Waals surface area contributed by atoms with Gasteiger partial charge in [-0.1, -0.05) is 41.9 Å². The van der Waals surface area contributed by atoms with Gasteiger partial charge in [0.1, 0.15) is 0 Å². The normalized spacial score (nSPS) is 10.5. The van der Waals surface area contributed by atoms with Crippen LogP contribution in [0, 0.1) is 5.82 Å². The molecule has 0 saturated heterocycles. The number of H-pyrrole nitrogens is 1. The highest BCUT2D eigenvalue weighted by Gasteiger charge is 2.12. The second-order valence-corrected chi connectivity index (χ2v) is 3.81. The Kier molecular flexibility index (Phi) is 3.10. The zero-order valence-corrected chi connectivity index (χ0v) is 9.37. The molecule has 0 unspecified atom stereocenters. The van der Waals surface area contributed by atoms with Gasteiger partial charge in [-0.05, 0) is 5.56 Å². The molecule has 0 spiro atoms. The number of hydrogen-bond acceptors (Lipinski definition) is 2. The average Bonchev–Trinajstić information content (AvgIpc) is 2.33. The van der Waals surface area contributed by atoms with E-state index in [-0.39, 0.29) is 6.54 Å². The predicted octanol–water partition coefficient (Wildman–Crippen LogP) is 1.38. The molecule has 2 aromatic rings. The number of rotatable bonds is 2. The zero-order valence-electron chi connectivity index (χ0n) is 8.61. The van der Waals surface area contributed by atoms with E-state index in [1.54, 1.807) is 30.3 Å². The highest BCUT2D eigenvalue weighted by atomic mass is 35.5. The Morgan fingerprint density at radius 1 is 1.24 bits per heavy atom. The number of nitrogens with one attached hydrogen (secondary N) is 1.